The van der Waals surface area contributed by atoms with Crippen molar-refractivity contribution in [1.29, 1.82) is 0 Å². The van der Waals surface area contributed by atoms with Gasteiger partial charge < -0.3 is 14.6 Å². The summed E-state index contributed by atoms with van der Waals surface area (Å²) in [6.45, 7) is 6.08. The van der Waals surface area contributed by atoms with E-state index < -0.39 is 0 Å². The maximum absolute atomic E-state index is 9.68. The molecule has 0 fully saturated rings. The quantitative estimate of drug-likeness (QED) is 0.940. The lowest BCUT2D eigenvalue weighted by Crippen LogP contribution is -2.15. The fraction of sp³-hybridized carbons (Fsp3) is 0.438. The molecule has 1 aromatic heterocycles. The number of nitrogens with zero attached hydrogens (tertiary/aromatic N) is 2. The summed E-state index contributed by atoms with van der Waals surface area (Å²) in [7, 11) is 3.22. The topological polar surface area (TPSA) is 56.5 Å². The molecule has 21 heavy (non-hydrogen) atoms. The number of hydrogen-bond acceptors (Lipinski definition) is 4. The zero-order valence-corrected chi connectivity index (χ0v) is 13.2. The highest BCUT2D eigenvalue weighted by atomic mass is 16.5. The fourth-order valence-electron chi connectivity index (χ4n) is 2.29. The van der Waals surface area contributed by atoms with Crippen LogP contribution in [0.3, 0.4) is 0 Å². The van der Waals surface area contributed by atoms with Crippen molar-refractivity contribution in [2.45, 2.75) is 32.8 Å². The lowest BCUT2D eigenvalue weighted by molar-refractivity contribution is 0.269. The Morgan fingerprint density at radius 2 is 1.71 bits per heavy atom. The normalized spacial score (nSPS) is 11.5. The van der Waals surface area contributed by atoms with Gasteiger partial charge in [0.25, 0.3) is 0 Å². The molecule has 0 saturated heterocycles. The summed E-state index contributed by atoms with van der Waals surface area (Å²) in [6, 6.07) is 7.54. The van der Waals surface area contributed by atoms with Crippen molar-refractivity contribution in [1.82, 2.24) is 9.78 Å². The average molecular weight is 290 g/mol. The minimum atomic E-state index is -0.178. The smallest absolute Gasteiger partial charge is 0.222 e. The maximum atomic E-state index is 9.68. The van der Waals surface area contributed by atoms with Crippen LogP contribution in [0.25, 0.3) is 5.69 Å². The summed E-state index contributed by atoms with van der Waals surface area (Å²) >= 11 is 0. The first-order valence-electron chi connectivity index (χ1n) is 6.84. The lowest BCUT2D eigenvalue weighted by Gasteiger charge is -2.16. The van der Waals surface area contributed by atoms with Gasteiger partial charge in [-0.1, -0.05) is 20.8 Å². The predicted molar refractivity (Wildman–Crippen MR) is 81.3 cm³/mol. The number of aliphatic hydroxyl groups excluding tert-OH is 1. The minimum Gasteiger partial charge on any atom is -0.497 e. The number of benzene rings is 1. The van der Waals surface area contributed by atoms with E-state index in [1.807, 2.05) is 24.3 Å². The standard InChI is InChI=1S/C16H22N2O3/c1-16(2,3)14-13(10-19)15(21-5)18(17-14)11-6-8-12(20-4)9-7-11/h6-9,19H,10H2,1-5H3. The summed E-state index contributed by atoms with van der Waals surface area (Å²) in [5.41, 5.74) is 2.24. The van der Waals surface area contributed by atoms with Crippen LogP contribution in [0.1, 0.15) is 32.0 Å². The summed E-state index contributed by atoms with van der Waals surface area (Å²) in [5.74, 6) is 1.34. The Bertz CT molecular complexity index is 610. The van der Waals surface area contributed by atoms with Gasteiger partial charge >= 0.3 is 0 Å². The van der Waals surface area contributed by atoms with Gasteiger partial charge in [0.2, 0.25) is 5.88 Å². The van der Waals surface area contributed by atoms with E-state index in [4.69, 9.17) is 9.47 Å². The van der Waals surface area contributed by atoms with Crippen LogP contribution < -0.4 is 9.47 Å². The van der Waals surface area contributed by atoms with E-state index in [1.165, 1.54) is 0 Å². The van der Waals surface area contributed by atoms with E-state index in [-0.39, 0.29) is 12.0 Å². The second kappa shape index (κ2) is 5.77. The van der Waals surface area contributed by atoms with Gasteiger partial charge in [0.05, 0.1) is 37.8 Å². The number of aliphatic hydroxyl groups is 1. The molecule has 0 aliphatic rings. The number of aromatic nitrogens is 2. The van der Waals surface area contributed by atoms with Crippen LogP contribution in [0.4, 0.5) is 0 Å². The largest absolute Gasteiger partial charge is 0.497 e. The van der Waals surface area contributed by atoms with Crippen molar-refractivity contribution in [2.75, 3.05) is 14.2 Å². The van der Waals surface area contributed by atoms with Crippen molar-refractivity contribution < 1.29 is 14.6 Å². The second-order valence-corrected chi connectivity index (χ2v) is 5.85. The van der Waals surface area contributed by atoms with Gasteiger partial charge in [-0.2, -0.15) is 5.10 Å². The predicted octanol–water partition coefficient (Wildman–Crippen LogP) is 2.68. The lowest BCUT2D eigenvalue weighted by atomic mass is 9.89. The Morgan fingerprint density at radius 3 is 2.14 bits per heavy atom. The second-order valence-electron chi connectivity index (χ2n) is 5.85. The fourth-order valence-corrected chi connectivity index (χ4v) is 2.29. The van der Waals surface area contributed by atoms with Crippen LogP contribution in [-0.2, 0) is 12.0 Å². The van der Waals surface area contributed by atoms with Crippen molar-refractivity contribution in [2.24, 2.45) is 0 Å². The van der Waals surface area contributed by atoms with E-state index in [1.54, 1.807) is 18.9 Å². The summed E-state index contributed by atoms with van der Waals surface area (Å²) in [5, 5.41) is 14.3. The molecule has 1 N–H and O–H groups in total. The van der Waals surface area contributed by atoms with Crippen molar-refractivity contribution in [3.63, 3.8) is 0 Å². The van der Waals surface area contributed by atoms with Gasteiger partial charge in [-0.3, -0.25) is 0 Å². The van der Waals surface area contributed by atoms with Crippen molar-refractivity contribution >= 4 is 0 Å². The highest BCUT2D eigenvalue weighted by Gasteiger charge is 2.27. The molecular weight excluding hydrogens is 268 g/mol. The number of ether oxygens (including phenoxy) is 2. The Balaban J connectivity index is 2.59. The first-order chi connectivity index (χ1) is 9.92. The Hall–Kier alpha value is -2.01. The molecule has 0 radical (unpaired) electrons. The van der Waals surface area contributed by atoms with Gasteiger partial charge in [-0.05, 0) is 24.3 Å². The molecule has 0 unspecified atom stereocenters. The Kier molecular flexibility index (Phi) is 4.23. The molecule has 2 aromatic rings. The van der Waals surface area contributed by atoms with Crippen LogP contribution in [0.2, 0.25) is 0 Å². The molecule has 5 heteroatoms. The monoisotopic (exact) mass is 290 g/mol. The van der Waals surface area contributed by atoms with Gasteiger partial charge in [0, 0.05) is 5.41 Å². The summed E-state index contributed by atoms with van der Waals surface area (Å²) in [6.07, 6.45) is 0. The van der Waals surface area contributed by atoms with Crippen LogP contribution in [0.15, 0.2) is 24.3 Å². The third-order valence-electron chi connectivity index (χ3n) is 3.32. The number of rotatable bonds is 4. The highest BCUT2D eigenvalue weighted by molar-refractivity contribution is 5.44. The molecule has 0 spiro atoms. The molecule has 0 amide bonds. The van der Waals surface area contributed by atoms with E-state index in [0.717, 1.165) is 22.7 Å². The van der Waals surface area contributed by atoms with Crippen LogP contribution in [0, 0.1) is 0 Å². The first-order valence-corrected chi connectivity index (χ1v) is 6.84. The molecule has 2 rings (SSSR count). The molecule has 0 aliphatic carbocycles. The molecule has 0 aliphatic heterocycles. The molecule has 0 bridgehead atoms. The highest BCUT2D eigenvalue weighted by Crippen LogP contribution is 2.33. The maximum Gasteiger partial charge on any atom is 0.222 e. The van der Waals surface area contributed by atoms with Gasteiger partial charge in [0.1, 0.15) is 5.75 Å². The van der Waals surface area contributed by atoms with Crippen LogP contribution in [0.5, 0.6) is 11.6 Å². The third-order valence-corrected chi connectivity index (χ3v) is 3.32. The summed E-state index contributed by atoms with van der Waals surface area (Å²) < 4.78 is 12.3. The number of methoxy groups -OCH3 is 2. The Labute approximate surface area is 125 Å². The minimum absolute atomic E-state index is 0.105. The van der Waals surface area contributed by atoms with Gasteiger partial charge in [0.15, 0.2) is 0 Å². The SMILES string of the molecule is COc1ccc(-n2nc(C(C)(C)C)c(CO)c2OC)cc1. The van der Waals surface area contributed by atoms with Crippen LogP contribution >= 0.6 is 0 Å². The van der Waals surface area contributed by atoms with E-state index in [2.05, 4.69) is 25.9 Å². The van der Waals surface area contributed by atoms with Crippen LogP contribution in [-0.4, -0.2) is 29.1 Å². The molecule has 5 nitrogen and oxygen atoms in total. The average Bonchev–Trinajstić information content (AvgIpc) is 2.85. The van der Waals surface area contributed by atoms with Gasteiger partial charge in [-0.25, -0.2) is 4.68 Å². The summed E-state index contributed by atoms with van der Waals surface area (Å²) in [4.78, 5) is 0. The van der Waals surface area contributed by atoms with E-state index in [0.29, 0.717) is 5.88 Å². The first kappa shape index (κ1) is 15.4. The molecule has 0 saturated carbocycles. The van der Waals surface area contributed by atoms with E-state index in [9.17, 15) is 5.11 Å². The van der Waals surface area contributed by atoms with Crippen molar-refractivity contribution in [3.8, 4) is 17.3 Å². The Morgan fingerprint density at radius 1 is 1.10 bits per heavy atom. The van der Waals surface area contributed by atoms with Gasteiger partial charge in [-0.15, -0.1) is 0 Å². The zero-order valence-electron chi connectivity index (χ0n) is 13.2. The van der Waals surface area contributed by atoms with E-state index >= 15 is 0 Å². The molecule has 114 valence electrons. The molecular formula is C16H22N2O3. The van der Waals surface area contributed by atoms with Crippen molar-refractivity contribution in [3.05, 3.63) is 35.5 Å². The molecule has 1 heterocycles. The zero-order chi connectivity index (χ0) is 15.6. The molecule has 1 aromatic carbocycles. The molecule has 0 atom stereocenters. The third kappa shape index (κ3) is 2.88. The number of hydrogen-bond donors (Lipinski definition) is 1.